The van der Waals surface area contributed by atoms with E-state index in [1.807, 2.05) is 0 Å². The minimum absolute atomic E-state index is 0.552. The van der Waals surface area contributed by atoms with Crippen molar-refractivity contribution in [2.24, 2.45) is 16.8 Å². The summed E-state index contributed by atoms with van der Waals surface area (Å²) in [4.78, 5) is 4.36. The van der Waals surface area contributed by atoms with Crippen LogP contribution >= 0.6 is 0 Å². The molecule has 88 valence electrons. The molecule has 4 N–H and O–H groups in total. The van der Waals surface area contributed by atoms with Crippen molar-refractivity contribution in [1.29, 1.82) is 0 Å². The molecule has 0 spiro atoms. The average Bonchev–Trinajstić information content (AvgIpc) is 2.25. The molecule has 0 aliphatic carbocycles. The molecule has 0 saturated carbocycles. The molecule has 15 heavy (non-hydrogen) atoms. The van der Waals surface area contributed by atoms with E-state index in [1.165, 1.54) is 19.3 Å². The van der Waals surface area contributed by atoms with Crippen LogP contribution in [0, 0.1) is 5.92 Å². The number of nitrogens with zero attached hydrogens (tertiary/aromatic N) is 2. The molecule has 5 heteroatoms. The molecular weight excluding hydrogens is 190 g/mol. The van der Waals surface area contributed by atoms with Gasteiger partial charge in [0.05, 0.1) is 0 Å². The van der Waals surface area contributed by atoms with Crippen LogP contribution in [-0.2, 0) is 0 Å². The normalized spacial score (nSPS) is 19.3. The number of nitrogens with two attached hydrogens (primary N) is 1. The number of hydrazine groups is 2. The lowest BCUT2D eigenvalue weighted by Crippen LogP contribution is -2.52. The Morgan fingerprint density at radius 1 is 1.33 bits per heavy atom. The highest BCUT2D eigenvalue weighted by Gasteiger charge is 2.10. The van der Waals surface area contributed by atoms with E-state index >= 15 is 0 Å². The third kappa shape index (κ3) is 4.99. The van der Waals surface area contributed by atoms with Crippen LogP contribution in [0.5, 0.6) is 0 Å². The van der Waals surface area contributed by atoms with Crippen molar-refractivity contribution >= 4 is 5.96 Å². The maximum atomic E-state index is 5.41. The largest absolute Gasteiger partial charge is 0.293 e. The van der Waals surface area contributed by atoms with Gasteiger partial charge in [0.2, 0.25) is 5.96 Å². The van der Waals surface area contributed by atoms with E-state index in [4.69, 9.17) is 5.84 Å². The van der Waals surface area contributed by atoms with Crippen LogP contribution in [0.2, 0.25) is 0 Å². The smallest absolute Gasteiger partial charge is 0.220 e. The molecule has 0 atom stereocenters. The second-order valence-corrected chi connectivity index (χ2v) is 4.39. The highest BCUT2D eigenvalue weighted by Crippen LogP contribution is 2.05. The van der Waals surface area contributed by atoms with Gasteiger partial charge in [-0.25, -0.2) is 10.9 Å². The molecule has 0 amide bonds. The lowest BCUT2D eigenvalue weighted by atomic mass is 10.2. The molecule has 0 aromatic heterocycles. The van der Waals surface area contributed by atoms with E-state index < -0.39 is 0 Å². The fraction of sp³-hybridized carbons (Fsp3) is 0.900. The summed E-state index contributed by atoms with van der Waals surface area (Å²) in [6, 6.07) is 0. The van der Waals surface area contributed by atoms with Gasteiger partial charge >= 0.3 is 0 Å². The van der Waals surface area contributed by atoms with Gasteiger partial charge in [-0.1, -0.05) is 20.3 Å². The fourth-order valence-electron chi connectivity index (χ4n) is 1.54. The van der Waals surface area contributed by atoms with Crippen molar-refractivity contribution in [3.8, 4) is 0 Å². The average molecular weight is 213 g/mol. The van der Waals surface area contributed by atoms with Gasteiger partial charge in [-0.3, -0.25) is 15.8 Å². The van der Waals surface area contributed by atoms with Crippen LogP contribution < -0.4 is 16.7 Å². The van der Waals surface area contributed by atoms with Crippen LogP contribution in [0.3, 0.4) is 0 Å². The Morgan fingerprint density at radius 3 is 2.53 bits per heavy atom. The Morgan fingerprint density at radius 2 is 2.00 bits per heavy atom. The summed E-state index contributed by atoms with van der Waals surface area (Å²) in [7, 11) is 0. The minimum atomic E-state index is 0.552. The number of piperidine rings is 1. The topological polar surface area (TPSA) is 65.7 Å². The lowest BCUT2D eigenvalue weighted by molar-refractivity contribution is 0.191. The van der Waals surface area contributed by atoms with Crippen molar-refractivity contribution in [3.05, 3.63) is 0 Å². The van der Waals surface area contributed by atoms with Gasteiger partial charge in [0.1, 0.15) is 0 Å². The molecule has 1 aliphatic heterocycles. The first-order valence-corrected chi connectivity index (χ1v) is 5.75. The summed E-state index contributed by atoms with van der Waals surface area (Å²) in [5, 5.41) is 2.17. The highest BCUT2D eigenvalue weighted by molar-refractivity contribution is 5.78. The summed E-state index contributed by atoms with van der Waals surface area (Å²) in [5.41, 5.74) is 5.81. The number of guanidine groups is 1. The summed E-state index contributed by atoms with van der Waals surface area (Å²) >= 11 is 0. The predicted octanol–water partition coefficient (Wildman–Crippen LogP) is 0.452. The van der Waals surface area contributed by atoms with Crippen molar-refractivity contribution in [3.63, 3.8) is 0 Å². The summed E-state index contributed by atoms with van der Waals surface area (Å²) in [6.45, 7) is 7.21. The first-order valence-electron chi connectivity index (χ1n) is 5.75. The summed E-state index contributed by atoms with van der Waals surface area (Å²) in [5.74, 6) is 6.63. The van der Waals surface area contributed by atoms with Crippen molar-refractivity contribution in [1.82, 2.24) is 15.9 Å². The quantitative estimate of drug-likeness (QED) is 0.276. The molecule has 0 aromatic carbocycles. The molecule has 0 bridgehead atoms. The number of nitrogens with one attached hydrogen (secondary N) is 2. The van der Waals surface area contributed by atoms with E-state index in [1.54, 1.807) is 0 Å². The van der Waals surface area contributed by atoms with Gasteiger partial charge in [0.25, 0.3) is 0 Å². The van der Waals surface area contributed by atoms with Gasteiger partial charge < -0.3 is 0 Å². The fourth-order valence-corrected chi connectivity index (χ4v) is 1.54. The van der Waals surface area contributed by atoms with E-state index in [0.717, 1.165) is 19.6 Å². The standard InChI is InChI=1S/C10H23N5/c1-9(2)8-12-10(13-11)14-15-6-4-3-5-7-15/h9H,3-8,11H2,1-2H3,(H2,12,13,14). The minimum Gasteiger partial charge on any atom is -0.293 e. The molecule has 1 aliphatic rings. The summed E-state index contributed by atoms with van der Waals surface area (Å²) in [6.07, 6.45) is 3.82. The zero-order valence-corrected chi connectivity index (χ0v) is 9.79. The molecule has 1 rings (SSSR count). The SMILES string of the molecule is CC(C)CN=C(NN)NN1CCCCC1. The number of rotatable bonds is 3. The Balaban J connectivity index is 2.34. The van der Waals surface area contributed by atoms with Crippen LogP contribution in [0.15, 0.2) is 4.99 Å². The maximum absolute atomic E-state index is 5.41. The Labute approximate surface area is 92.1 Å². The van der Waals surface area contributed by atoms with Crippen molar-refractivity contribution in [2.45, 2.75) is 33.1 Å². The van der Waals surface area contributed by atoms with Gasteiger partial charge in [0.15, 0.2) is 0 Å². The maximum Gasteiger partial charge on any atom is 0.220 e. The Hall–Kier alpha value is -0.810. The van der Waals surface area contributed by atoms with E-state index in [-0.39, 0.29) is 0 Å². The van der Waals surface area contributed by atoms with E-state index in [2.05, 4.69) is 34.7 Å². The molecule has 1 heterocycles. The first-order chi connectivity index (χ1) is 7.22. The number of aliphatic imine (C=N–C) groups is 1. The zero-order chi connectivity index (χ0) is 11.1. The van der Waals surface area contributed by atoms with Crippen LogP contribution in [-0.4, -0.2) is 30.6 Å². The molecule has 1 fully saturated rings. The molecule has 1 saturated heterocycles. The lowest BCUT2D eigenvalue weighted by Gasteiger charge is -2.28. The molecule has 0 unspecified atom stereocenters. The van der Waals surface area contributed by atoms with Gasteiger partial charge in [0, 0.05) is 19.6 Å². The highest BCUT2D eigenvalue weighted by atomic mass is 15.6. The van der Waals surface area contributed by atoms with Gasteiger partial charge in [-0.05, 0) is 18.8 Å². The van der Waals surface area contributed by atoms with Crippen molar-refractivity contribution < 1.29 is 0 Å². The first kappa shape index (κ1) is 12.3. The molecular formula is C10H23N5. The molecule has 0 radical (unpaired) electrons. The third-order valence-electron chi connectivity index (χ3n) is 2.37. The number of hydrogen-bond acceptors (Lipinski definition) is 3. The van der Waals surface area contributed by atoms with Crippen LogP contribution in [0.1, 0.15) is 33.1 Å². The van der Waals surface area contributed by atoms with E-state index in [9.17, 15) is 0 Å². The third-order valence-corrected chi connectivity index (χ3v) is 2.37. The second kappa shape index (κ2) is 6.63. The van der Waals surface area contributed by atoms with Gasteiger partial charge in [-0.2, -0.15) is 0 Å². The predicted molar refractivity (Wildman–Crippen MR) is 63.0 cm³/mol. The monoisotopic (exact) mass is 213 g/mol. The van der Waals surface area contributed by atoms with E-state index in [0.29, 0.717) is 11.9 Å². The summed E-state index contributed by atoms with van der Waals surface area (Å²) < 4.78 is 0. The van der Waals surface area contributed by atoms with Gasteiger partial charge in [-0.15, -0.1) is 0 Å². The van der Waals surface area contributed by atoms with Crippen LogP contribution in [0.25, 0.3) is 0 Å². The Kier molecular flexibility index (Phi) is 5.42. The van der Waals surface area contributed by atoms with Crippen molar-refractivity contribution in [2.75, 3.05) is 19.6 Å². The zero-order valence-electron chi connectivity index (χ0n) is 9.79. The second-order valence-electron chi connectivity index (χ2n) is 4.39. The molecule has 5 nitrogen and oxygen atoms in total. The van der Waals surface area contributed by atoms with Crippen LogP contribution in [0.4, 0.5) is 0 Å². The molecule has 0 aromatic rings. The Bertz CT molecular complexity index is 196. The number of hydrogen-bond donors (Lipinski definition) is 3.